The van der Waals surface area contributed by atoms with Crippen molar-refractivity contribution in [1.82, 2.24) is 0 Å². The molecule has 2 aromatic rings. The van der Waals surface area contributed by atoms with Crippen molar-refractivity contribution in [1.29, 1.82) is 0 Å². The zero-order valence-corrected chi connectivity index (χ0v) is 11.8. The molecule has 0 spiro atoms. The molecule has 1 nitrogen and oxygen atoms in total. The molecule has 0 aliphatic heterocycles. The predicted molar refractivity (Wildman–Crippen MR) is 73.3 cm³/mol. The standard InChI is InChI=1S/C15H11BrF2O/c1-9-2-3-14(18)13(4-9)15(19)7-10-5-11(16)8-12(17)6-10/h2-6,8H,7H2,1H3. The van der Waals surface area contributed by atoms with Crippen molar-refractivity contribution < 1.29 is 13.6 Å². The van der Waals surface area contributed by atoms with E-state index >= 15 is 0 Å². The fourth-order valence-electron chi connectivity index (χ4n) is 1.85. The molecule has 4 heteroatoms. The van der Waals surface area contributed by atoms with Crippen LogP contribution in [0, 0.1) is 18.6 Å². The largest absolute Gasteiger partial charge is 0.294 e. The maximum atomic E-state index is 13.6. The molecule has 19 heavy (non-hydrogen) atoms. The van der Waals surface area contributed by atoms with Crippen molar-refractivity contribution in [3.63, 3.8) is 0 Å². The maximum Gasteiger partial charge on any atom is 0.170 e. The number of aryl methyl sites for hydroxylation is 1. The second-order valence-electron chi connectivity index (χ2n) is 4.36. The van der Waals surface area contributed by atoms with Crippen LogP contribution in [0.3, 0.4) is 0 Å². The first-order valence-corrected chi connectivity index (χ1v) is 6.49. The smallest absolute Gasteiger partial charge is 0.170 e. The van der Waals surface area contributed by atoms with E-state index in [4.69, 9.17) is 0 Å². The quantitative estimate of drug-likeness (QED) is 0.762. The zero-order valence-electron chi connectivity index (χ0n) is 10.2. The number of halogens is 3. The monoisotopic (exact) mass is 324 g/mol. The second kappa shape index (κ2) is 5.61. The van der Waals surface area contributed by atoms with Crippen LogP contribution in [0.1, 0.15) is 21.5 Å². The lowest BCUT2D eigenvalue weighted by Gasteiger charge is -2.05. The summed E-state index contributed by atoms with van der Waals surface area (Å²) in [6.45, 7) is 1.79. The number of ketones is 1. The molecule has 2 rings (SSSR count). The van der Waals surface area contributed by atoms with Crippen molar-refractivity contribution in [3.8, 4) is 0 Å². The van der Waals surface area contributed by atoms with Crippen LogP contribution in [-0.2, 0) is 6.42 Å². The Morgan fingerprint density at radius 2 is 1.89 bits per heavy atom. The highest BCUT2D eigenvalue weighted by molar-refractivity contribution is 9.10. The van der Waals surface area contributed by atoms with Gasteiger partial charge in [0.05, 0.1) is 5.56 Å². The van der Waals surface area contributed by atoms with Crippen molar-refractivity contribution in [2.45, 2.75) is 13.3 Å². The molecule has 0 aliphatic carbocycles. The predicted octanol–water partition coefficient (Wildman–Crippen LogP) is 4.46. The van der Waals surface area contributed by atoms with Gasteiger partial charge in [0.2, 0.25) is 0 Å². The van der Waals surface area contributed by atoms with Gasteiger partial charge in [0.15, 0.2) is 5.78 Å². The molecule has 0 saturated heterocycles. The summed E-state index contributed by atoms with van der Waals surface area (Å²) in [5.41, 5.74) is 1.36. The Kier molecular flexibility index (Phi) is 4.10. The highest BCUT2D eigenvalue weighted by atomic mass is 79.9. The van der Waals surface area contributed by atoms with Crippen LogP contribution in [-0.4, -0.2) is 5.78 Å². The lowest BCUT2D eigenvalue weighted by atomic mass is 10.0. The van der Waals surface area contributed by atoms with E-state index in [0.29, 0.717) is 10.0 Å². The first kappa shape index (κ1) is 13.9. The molecule has 0 bridgehead atoms. The summed E-state index contributed by atoms with van der Waals surface area (Å²) in [4.78, 5) is 12.0. The average molecular weight is 325 g/mol. The lowest BCUT2D eigenvalue weighted by molar-refractivity contribution is 0.0989. The van der Waals surface area contributed by atoms with Crippen molar-refractivity contribution >= 4 is 21.7 Å². The van der Waals surface area contributed by atoms with Gasteiger partial charge in [-0.3, -0.25) is 4.79 Å². The number of rotatable bonds is 3. The minimum absolute atomic E-state index is 0.0310. The van der Waals surface area contributed by atoms with Gasteiger partial charge >= 0.3 is 0 Å². The van der Waals surface area contributed by atoms with E-state index in [1.165, 1.54) is 24.3 Å². The number of carbonyl (C=O) groups is 1. The highest BCUT2D eigenvalue weighted by Crippen LogP contribution is 2.18. The molecule has 0 aromatic heterocycles. The normalized spacial score (nSPS) is 10.5. The van der Waals surface area contributed by atoms with Crippen LogP contribution in [0.15, 0.2) is 40.9 Å². The van der Waals surface area contributed by atoms with Gasteiger partial charge in [0, 0.05) is 10.9 Å². The van der Waals surface area contributed by atoms with E-state index in [0.717, 1.165) is 5.56 Å². The zero-order chi connectivity index (χ0) is 14.0. The van der Waals surface area contributed by atoms with E-state index in [1.54, 1.807) is 19.1 Å². The van der Waals surface area contributed by atoms with E-state index in [1.807, 2.05) is 0 Å². The lowest BCUT2D eigenvalue weighted by Crippen LogP contribution is -2.07. The average Bonchev–Trinajstić information content (AvgIpc) is 2.30. The number of hydrogen-bond donors (Lipinski definition) is 0. The molecular weight excluding hydrogens is 314 g/mol. The summed E-state index contributed by atoms with van der Waals surface area (Å²) >= 11 is 3.16. The third kappa shape index (κ3) is 3.47. The fraction of sp³-hybridized carbons (Fsp3) is 0.133. The van der Waals surface area contributed by atoms with Gasteiger partial charge in [-0.05, 0) is 42.8 Å². The summed E-state index contributed by atoms with van der Waals surface area (Å²) in [6, 6.07) is 8.60. The Hall–Kier alpha value is -1.55. The van der Waals surface area contributed by atoms with Gasteiger partial charge in [-0.15, -0.1) is 0 Å². The minimum atomic E-state index is -0.550. The van der Waals surface area contributed by atoms with Crippen LogP contribution in [0.4, 0.5) is 8.78 Å². The van der Waals surface area contributed by atoms with Gasteiger partial charge in [0.25, 0.3) is 0 Å². The first-order valence-electron chi connectivity index (χ1n) is 5.70. The molecule has 98 valence electrons. The van der Waals surface area contributed by atoms with Crippen LogP contribution in [0.5, 0.6) is 0 Å². The van der Waals surface area contributed by atoms with Gasteiger partial charge in [-0.1, -0.05) is 27.6 Å². The second-order valence-corrected chi connectivity index (χ2v) is 5.28. The number of benzene rings is 2. The van der Waals surface area contributed by atoms with Crippen LogP contribution in [0.25, 0.3) is 0 Å². The van der Waals surface area contributed by atoms with E-state index in [2.05, 4.69) is 15.9 Å². The van der Waals surface area contributed by atoms with Crippen molar-refractivity contribution in [2.75, 3.05) is 0 Å². The van der Waals surface area contributed by atoms with E-state index < -0.39 is 11.6 Å². The molecule has 2 aromatic carbocycles. The third-order valence-electron chi connectivity index (χ3n) is 2.71. The summed E-state index contributed by atoms with van der Waals surface area (Å²) in [5, 5.41) is 0. The molecule has 0 unspecified atom stereocenters. The Morgan fingerprint density at radius 3 is 2.58 bits per heavy atom. The Bertz CT molecular complexity index is 618. The molecule has 0 N–H and O–H groups in total. The molecule has 0 saturated carbocycles. The molecule has 0 fully saturated rings. The topological polar surface area (TPSA) is 17.1 Å². The summed E-state index contributed by atoms with van der Waals surface area (Å²) < 4.78 is 27.3. The Labute approximate surface area is 118 Å². The maximum absolute atomic E-state index is 13.6. The fourth-order valence-corrected chi connectivity index (χ4v) is 2.36. The molecule has 0 heterocycles. The number of carbonyl (C=O) groups excluding carboxylic acids is 1. The Balaban J connectivity index is 2.28. The first-order chi connectivity index (χ1) is 8.95. The summed E-state index contributed by atoms with van der Waals surface area (Å²) in [6.07, 6.45) is -0.0310. The summed E-state index contributed by atoms with van der Waals surface area (Å²) in [7, 11) is 0. The highest BCUT2D eigenvalue weighted by Gasteiger charge is 2.13. The Morgan fingerprint density at radius 1 is 1.16 bits per heavy atom. The van der Waals surface area contributed by atoms with Gasteiger partial charge in [-0.2, -0.15) is 0 Å². The molecular formula is C15H11BrF2O. The van der Waals surface area contributed by atoms with E-state index in [9.17, 15) is 13.6 Å². The third-order valence-corrected chi connectivity index (χ3v) is 3.17. The van der Waals surface area contributed by atoms with Crippen LogP contribution in [0.2, 0.25) is 0 Å². The minimum Gasteiger partial charge on any atom is -0.294 e. The van der Waals surface area contributed by atoms with Gasteiger partial charge in [0.1, 0.15) is 11.6 Å². The molecule has 0 aliphatic rings. The number of Topliss-reactive ketones (excluding diaryl/α,β-unsaturated/α-hetero) is 1. The van der Waals surface area contributed by atoms with Crippen molar-refractivity contribution in [3.05, 3.63) is 69.2 Å². The van der Waals surface area contributed by atoms with Crippen LogP contribution >= 0.6 is 15.9 Å². The van der Waals surface area contributed by atoms with Gasteiger partial charge in [-0.25, -0.2) is 8.78 Å². The summed E-state index contributed by atoms with van der Waals surface area (Å²) in [5.74, 6) is -1.34. The van der Waals surface area contributed by atoms with Crippen molar-refractivity contribution in [2.24, 2.45) is 0 Å². The SMILES string of the molecule is Cc1ccc(F)c(C(=O)Cc2cc(F)cc(Br)c2)c1. The van der Waals surface area contributed by atoms with Crippen LogP contribution < -0.4 is 0 Å². The molecule has 0 amide bonds. The number of hydrogen-bond acceptors (Lipinski definition) is 1. The van der Waals surface area contributed by atoms with Gasteiger partial charge < -0.3 is 0 Å². The van der Waals surface area contributed by atoms with E-state index in [-0.39, 0.29) is 17.8 Å². The molecule has 0 radical (unpaired) electrons. The molecule has 0 atom stereocenters.